The molecule has 6 nitrogen and oxygen atoms in total. The summed E-state index contributed by atoms with van der Waals surface area (Å²) in [6, 6.07) is 4.25. The number of rotatable bonds is 6. The molecule has 1 unspecified atom stereocenters. The zero-order valence-electron chi connectivity index (χ0n) is 11.8. The summed E-state index contributed by atoms with van der Waals surface area (Å²) in [4.78, 5) is 23.1. The number of aliphatic carboxylic acids is 1. The maximum absolute atomic E-state index is 11.9. The molecule has 3 N–H and O–H groups in total. The molecule has 0 saturated heterocycles. The lowest BCUT2D eigenvalue weighted by atomic mass is 9.87. The van der Waals surface area contributed by atoms with E-state index in [2.05, 4.69) is 5.32 Å². The van der Waals surface area contributed by atoms with Crippen LogP contribution >= 0.6 is 0 Å². The molecule has 110 valence electrons. The number of phenols is 1. The summed E-state index contributed by atoms with van der Waals surface area (Å²) < 4.78 is 4.88. The van der Waals surface area contributed by atoms with E-state index in [1.165, 1.54) is 25.3 Å². The molecular weight excluding hydrogens is 262 g/mol. The van der Waals surface area contributed by atoms with Gasteiger partial charge in [-0.1, -0.05) is 6.92 Å². The first kappa shape index (κ1) is 15.8. The third-order valence-corrected chi connectivity index (χ3v) is 3.38. The van der Waals surface area contributed by atoms with Crippen LogP contribution in [-0.2, 0) is 4.79 Å². The highest BCUT2D eigenvalue weighted by atomic mass is 16.5. The van der Waals surface area contributed by atoms with Crippen molar-refractivity contribution in [2.24, 2.45) is 5.41 Å². The molecule has 1 atom stereocenters. The fourth-order valence-electron chi connectivity index (χ4n) is 1.56. The van der Waals surface area contributed by atoms with Crippen LogP contribution in [-0.4, -0.2) is 35.7 Å². The number of nitrogens with one attached hydrogen (secondary N) is 1. The molecule has 0 heterocycles. The molecule has 0 aliphatic heterocycles. The predicted octanol–water partition coefficient (Wildman–Crippen LogP) is 1.63. The Kier molecular flexibility index (Phi) is 4.96. The number of phenolic OH excluding ortho intramolecular Hbond substituents is 1. The van der Waals surface area contributed by atoms with Crippen molar-refractivity contribution >= 4 is 11.9 Å². The molecule has 20 heavy (non-hydrogen) atoms. The average molecular weight is 281 g/mol. The fourth-order valence-corrected chi connectivity index (χ4v) is 1.56. The van der Waals surface area contributed by atoms with Gasteiger partial charge in [0.1, 0.15) is 0 Å². The minimum absolute atomic E-state index is 0.0183. The molecule has 0 spiro atoms. The van der Waals surface area contributed by atoms with Gasteiger partial charge < -0.3 is 20.3 Å². The van der Waals surface area contributed by atoms with Gasteiger partial charge in [0.25, 0.3) is 5.91 Å². The minimum atomic E-state index is -1.01. The van der Waals surface area contributed by atoms with Gasteiger partial charge in [0.2, 0.25) is 0 Å². The molecule has 0 aromatic heterocycles. The zero-order valence-corrected chi connectivity index (χ0v) is 11.8. The van der Waals surface area contributed by atoms with Crippen LogP contribution in [0.4, 0.5) is 0 Å². The molecule has 1 rings (SSSR count). The predicted molar refractivity (Wildman–Crippen MR) is 73.0 cm³/mol. The number of methoxy groups -OCH3 is 1. The summed E-state index contributed by atoms with van der Waals surface area (Å²) in [5.41, 5.74) is -0.767. The highest BCUT2D eigenvalue weighted by molar-refractivity contribution is 5.95. The van der Waals surface area contributed by atoms with Gasteiger partial charge in [0.15, 0.2) is 11.5 Å². The normalized spacial score (nSPS) is 13.3. The van der Waals surface area contributed by atoms with E-state index in [9.17, 15) is 14.7 Å². The molecule has 1 amide bonds. The number of carbonyl (C=O) groups excluding carboxylic acids is 1. The first-order valence-corrected chi connectivity index (χ1v) is 6.22. The second kappa shape index (κ2) is 6.27. The van der Waals surface area contributed by atoms with Crippen LogP contribution in [0.1, 0.15) is 30.6 Å². The number of hydrogen-bond acceptors (Lipinski definition) is 4. The maximum Gasteiger partial charge on any atom is 0.311 e. The Hall–Kier alpha value is -2.24. The van der Waals surface area contributed by atoms with E-state index in [1.807, 2.05) is 0 Å². The highest BCUT2D eigenvalue weighted by Crippen LogP contribution is 2.26. The third kappa shape index (κ3) is 3.40. The van der Waals surface area contributed by atoms with Gasteiger partial charge in [0.05, 0.1) is 12.5 Å². The number of carboxylic acids is 1. The van der Waals surface area contributed by atoms with E-state index >= 15 is 0 Å². The molecule has 6 heteroatoms. The van der Waals surface area contributed by atoms with Gasteiger partial charge in [-0.2, -0.15) is 0 Å². The van der Waals surface area contributed by atoms with Crippen molar-refractivity contribution < 1.29 is 24.5 Å². The van der Waals surface area contributed by atoms with Crippen LogP contribution in [0.15, 0.2) is 18.2 Å². The fraction of sp³-hybridized carbons (Fsp3) is 0.429. The number of carboxylic acid groups (broad SMARTS) is 1. The summed E-state index contributed by atoms with van der Waals surface area (Å²) in [5, 5.41) is 21.3. The molecule has 1 aromatic carbocycles. The van der Waals surface area contributed by atoms with E-state index in [4.69, 9.17) is 9.84 Å². The zero-order chi connectivity index (χ0) is 15.3. The lowest BCUT2D eigenvalue weighted by Gasteiger charge is -2.23. The molecule has 0 aliphatic rings. The second-order valence-corrected chi connectivity index (χ2v) is 4.79. The largest absolute Gasteiger partial charge is 0.504 e. The molecule has 0 fully saturated rings. The first-order valence-electron chi connectivity index (χ1n) is 6.22. The minimum Gasteiger partial charge on any atom is -0.504 e. The number of amides is 1. The lowest BCUT2D eigenvalue weighted by Crippen LogP contribution is -2.40. The van der Waals surface area contributed by atoms with E-state index in [0.717, 1.165) is 0 Å². The molecule has 0 aliphatic carbocycles. The van der Waals surface area contributed by atoms with Gasteiger partial charge in [-0.05, 0) is 31.5 Å². The van der Waals surface area contributed by atoms with Crippen LogP contribution in [0, 0.1) is 5.41 Å². The highest BCUT2D eigenvalue weighted by Gasteiger charge is 2.31. The summed E-state index contributed by atoms with van der Waals surface area (Å²) in [5.74, 6) is -1.27. The van der Waals surface area contributed by atoms with Crippen LogP contribution < -0.4 is 10.1 Å². The SMILES string of the molecule is CCC(C)(CNC(=O)c1ccc(OC)c(O)c1)C(=O)O. The van der Waals surface area contributed by atoms with Crippen LogP contribution in [0.5, 0.6) is 11.5 Å². The van der Waals surface area contributed by atoms with Crippen LogP contribution in [0.3, 0.4) is 0 Å². The number of hydrogen-bond donors (Lipinski definition) is 3. The molecule has 1 aromatic rings. The number of ether oxygens (including phenoxy) is 1. The standard InChI is InChI=1S/C14H19NO5/c1-4-14(2,13(18)19)8-15-12(17)9-5-6-11(20-3)10(16)7-9/h5-7,16H,4,8H2,1-3H3,(H,15,17)(H,18,19). The van der Waals surface area contributed by atoms with Crippen molar-refractivity contribution in [2.75, 3.05) is 13.7 Å². The number of carbonyl (C=O) groups is 2. The van der Waals surface area contributed by atoms with Crippen molar-refractivity contribution in [3.63, 3.8) is 0 Å². The Balaban J connectivity index is 2.77. The van der Waals surface area contributed by atoms with Crippen molar-refractivity contribution in [2.45, 2.75) is 20.3 Å². The average Bonchev–Trinajstić information content (AvgIpc) is 2.43. The summed E-state index contributed by atoms with van der Waals surface area (Å²) in [6.45, 7) is 3.34. The van der Waals surface area contributed by atoms with E-state index in [0.29, 0.717) is 6.42 Å². The van der Waals surface area contributed by atoms with Gasteiger partial charge in [-0.25, -0.2) is 0 Å². The number of aromatic hydroxyl groups is 1. The monoisotopic (exact) mass is 281 g/mol. The lowest BCUT2D eigenvalue weighted by molar-refractivity contribution is -0.147. The summed E-state index contributed by atoms with van der Waals surface area (Å²) in [7, 11) is 1.41. The second-order valence-electron chi connectivity index (χ2n) is 4.79. The van der Waals surface area contributed by atoms with Crippen molar-refractivity contribution in [3.8, 4) is 11.5 Å². The molecule has 0 saturated carbocycles. The van der Waals surface area contributed by atoms with Gasteiger partial charge in [-0.15, -0.1) is 0 Å². The molecule has 0 radical (unpaired) electrons. The smallest absolute Gasteiger partial charge is 0.311 e. The Morgan fingerprint density at radius 1 is 1.40 bits per heavy atom. The van der Waals surface area contributed by atoms with Crippen molar-refractivity contribution in [3.05, 3.63) is 23.8 Å². The van der Waals surface area contributed by atoms with E-state index in [-0.39, 0.29) is 23.6 Å². The third-order valence-electron chi connectivity index (χ3n) is 3.38. The number of benzene rings is 1. The van der Waals surface area contributed by atoms with Gasteiger partial charge >= 0.3 is 5.97 Å². The van der Waals surface area contributed by atoms with Crippen molar-refractivity contribution in [1.29, 1.82) is 0 Å². The Morgan fingerprint density at radius 2 is 2.05 bits per heavy atom. The summed E-state index contributed by atoms with van der Waals surface area (Å²) in [6.07, 6.45) is 0.399. The van der Waals surface area contributed by atoms with Gasteiger partial charge in [0, 0.05) is 12.1 Å². The van der Waals surface area contributed by atoms with Crippen LogP contribution in [0.25, 0.3) is 0 Å². The summed E-state index contributed by atoms with van der Waals surface area (Å²) >= 11 is 0. The van der Waals surface area contributed by atoms with E-state index < -0.39 is 17.3 Å². The molecular formula is C14H19NO5. The first-order chi connectivity index (χ1) is 9.34. The topological polar surface area (TPSA) is 95.9 Å². The Bertz CT molecular complexity index is 514. The van der Waals surface area contributed by atoms with Crippen LogP contribution in [0.2, 0.25) is 0 Å². The van der Waals surface area contributed by atoms with E-state index in [1.54, 1.807) is 13.8 Å². The quantitative estimate of drug-likeness (QED) is 0.736. The maximum atomic E-state index is 11.9. The Labute approximate surface area is 117 Å². The van der Waals surface area contributed by atoms with Gasteiger partial charge in [-0.3, -0.25) is 9.59 Å². The molecule has 0 bridgehead atoms. The Morgan fingerprint density at radius 3 is 2.50 bits per heavy atom. The van der Waals surface area contributed by atoms with Crippen molar-refractivity contribution in [1.82, 2.24) is 5.32 Å².